The van der Waals surface area contributed by atoms with Crippen molar-refractivity contribution in [2.75, 3.05) is 12.4 Å². The van der Waals surface area contributed by atoms with Crippen LogP contribution in [0.1, 0.15) is 56.2 Å². The molecule has 0 aliphatic rings. The first-order valence-corrected chi connectivity index (χ1v) is 11.9. The van der Waals surface area contributed by atoms with Crippen molar-refractivity contribution in [3.63, 3.8) is 0 Å². The lowest BCUT2D eigenvalue weighted by molar-refractivity contribution is 0.220. The molecule has 0 saturated heterocycles. The number of aromatic nitrogens is 4. The number of anilines is 1. The Labute approximate surface area is 206 Å². The number of aromatic amines is 1. The highest BCUT2D eigenvalue weighted by atomic mass is 16.2. The van der Waals surface area contributed by atoms with Gasteiger partial charge in [-0.2, -0.15) is 0 Å². The van der Waals surface area contributed by atoms with Gasteiger partial charge in [-0.05, 0) is 50.1 Å². The predicted octanol–water partition coefficient (Wildman–Crippen LogP) is 6.44. The maximum atomic E-state index is 13.1. The van der Waals surface area contributed by atoms with Gasteiger partial charge in [-0.25, -0.2) is 9.89 Å². The number of para-hydroxylation sites is 1. The minimum atomic E-state index is -0.118. The third-order valence-corrected chi connectivity index (χ3v) is 6.16. The lowest BCUT2D eigenvalue weighted by Gasteiger charge is -2.24. The number of hydrogen-bond acceptors (Lipinski definition) is 4. The number of carbonyl (C=O) groups is 1. The average molecular weight is 469 g/mol. The molecule has 4 rings (SSSR count). The fraction of sp³-hybridized carbons (Fsp3) is 0.286. The van der Waals surface area contributed by atoms with Gasteiger partial charge in [0.1, 0.15) is 0 Å². The lowest BCUT2D eigenvalue weighted by Crippen LogP contribution is -2.31. The summed E-state index contributed by atoms with van der Waals surface area (Å²) in [6.45, 7) is 9.10. The zero-order chi connectivity index (χ0) is 24.9. The summed E-state index contributed by atoms with van der Waals surface area (Å²) in [4.78, 5) is 14.8. The number of benzene rings is 3. The van der Waals surface area contributed by atoms with Gasteiger partial charge in [0.05, 0.1) is 0 Å². The molecule has 180 valence electrons. The summed E-state index contributed by atoms with van der Waals surface area (Å²) in [5, 5.41) is 17.5. The van der Waals surface area contributed by atoms with E-state index in [2.05, 4.69) is 96.1 Å². The van der Waals surface area contributed by atoms with Crippen LogP contribution in [0.4, 0.5) is 10.5 Å². The van der Waals surface area contributed by atoms with Crippen molar-refractivity contribution in [3.8, 4) is 22.5 Å². The Bertz CT molecular complexity index is 1250. The van der Waals surface area contributed by atoms with Gasteiger partial charge in [0.2, 0.25) is 0 Å². The number of rotatable bonds is 7. The predicted molar refractivity (Wildman–Crippen MR) is 140 cm³/mol. The highest BCUT2D eigenvalue weighted by Crippen LogP contribution is 2.33. The molecule has 0 atom stereocenters. The molecule has 0 fully saturated rings. The van der Waals surface area contributed by atoms with Crippen molar-refractivity contribution >= 4 is 11.7 Å². The van der Waals surface area contributed by atoms with E-state index in [-0.39, 0.29) is 6.03 Å². The van der Waals surface area contributed by atoms with Crippen LogP contribution >= 0.6 is 0 Å². The molecule has 0 aliphatic heterocycles. The summed E-state index contributed by atoms with van der Waals surface area (Å²) >= 11 is 0. The molecule has 7 heteroatoms. The van der Waals surface area contributed by atoms with E-state index in [0.717, 1.165) is 39.1 Å². The Kier molecular flexibility index (Phi) is 7.25. The first-order valence-electron chi connectivity index (χ1n) is 11.9. The second-order valence-electron chi connectivity index (χ2n) is 9.40. The molecule has 4 aromatic rings. The largest absolute Gasteiger partial charge is 0.323 e. The average Bonchev–Trinajstić information content (AvgIpc) is 3.39. The maximum absolute atomic E-state index is 13.1. The van der Waals surface area contributed by atoms with E-state index in [9.17, 15) is 4.79 Å². The van der Waals surface area contributed by atoms with E-state index in [1.807, 2.05) is 31.3 Å². The van der Waals surface area contributed by atoms with Gasteiger partial charge < -0.3 is 10.2 Å². The summed E-state index contributed by atoms with van der Waals surface area (Å²) in [5.41, 5.74) is 7.32. The minimum absolute atomic E-state index is 0.118. The standard InChI is InChI=1S/C28H32N6O/c1-18(2)22-11-8-12-23(19(3)4)26(22)29-28(35)34(5)17-20-13-15-21(16-14-20)24-9-6-7-10-25(24)27-30-32-33-31-27/h6-16,18-19H,17H2,1-5H3,(H,29,35)(H,30,31,32,33). The molecular weight excluding hydrogens is 436 g/mol. The molecule has 3 aromatic carbocycles. The molecule has 2 amide bonds. The number of nitrogens with zero attached hydrogens (tertiary/aromatic N) is 4. The van der Waals surface area contributed by atoms with Crippen molar-refractivity contribution in [2.45, 2.75) is 46.1 Å². The normalized spacial score (nSPS) is 11.2. The van der Waals surface area contributed by atoms with Crippen LogP contribution in [0.5, 0.6) is 0 Å². The molecule has 2 N–H and O–H groups in total. The van der Waals surface area contributed by atoms with Crippen LogP contribution in [-0.2, 0) is 6.54 Å². The molecule has 0 radical (unpaired) electrons. The van der Waals surface area contributed by atoms with Crippen molar-refractivity contribution in [1.29, 1.82) is 0 Å². The summed E-state index contributed by atoms with van der Waals surface area (Å²) in [6, 6.07) is 22.4. The van der Waals surface area contributed by atoms with Gasteiger partial charge in [0.15, 0.2) is 5.82 Å². The molecular formula is C28H32N6O. The monoisotopic (exact) mass is 468 g/mol. The van der Waals surface area contributed by atoms with E-state index < -0.39 is 0 Å². The van der Waals surface area contributed by atoms with Crippen molar-refractivity contribution in [1.82, 2.24) is 25.5 Å². The first kappa shape index (κ1) is 24.1. The van der Waals surface area contributed by atoms with Crippen LogP contribution in [0.2, 0.25) is 0 Å². The van der Waals surface area contributed by atoms with Crippen molar-refractivity contribution < 1.29 is 4.79 Å². The van der Waals surface area contributed by atoms with Crippen LogP contribution in [0.15, 0.2) is 66.7 Å². The van der Waals surface area contributed by atoms with Gasteiger partial charge in [-0.3, -0.25) is 0 Å². The van der Waals surface area contributed by atoms with Gasteiger partial charge in [0, 0.05) is 24.8 Å². The van der Waals surface area contributed by atoms with Crippen molar-refractivity contribution in [3.05, 3.63) is 83.4 Å². The Hall–Kier alpha value is -4.00. The summed E-state index contributed by atoms with van der Waals surface area (Å²) in [5.74, 6) is 1.26. The Morgan fingerprint density at radius 1 is 0.886 bits per heavy atom. The Morgan fingerprint density at radius 2 is 1.51 bits per heavy atom. The number of tetrazole rings is 1. The molecule has 0 spiro atoms. The van der Waals surface area contributed by atoms with Gasteiger partial charge >= 0.3 is 6.03 Å². The number of H-pyrrole nitrogens is 1. The van der Waals surface area contributed by atoms with Crippen LogP contribution < -0.4 is 5.32 Å². The van der Waals surface area contributed by atoms with E-state index in [1.54, 1.807) is 4.90 Å². The SMILES string of the molecule is CC(C)c1cccc(C(C)C)c1NC(=O)N(C)Cc1ccc(-c2ccccc2-c2nnn[nH]2)cc1. The van der Waals surface area contributed by atoms with Gasteiger partial charge in [-0.1, -0.05) is 94.4 Å². The topological polar surface area (TPSA) is 86.8 Å². The fourth-order valence-corrected chi connectivity index (χ4v) is 4.25. The fourth-order valence-electron chi connectivity index (χ4n) is 4.25. The Morgan fingerprint density at radius 3 is 2.09 bits per heavy atom. The second kappa shape index (κ2) is 10.5. The first-order chi connectivity index (χ1) is 16.8. The second-order valence-corrected chi connectivity index (χ2v) is 9.40. The highest BCUT2D eigenvalue weighted by Gasteiger charge is 2.18. The van der Waals surface area contributed by atoms with Crippen molar-refractivity contribution in [2.24, 2.45) is 0 Å². The Balaban J connectivity index is 1.50. The number of nitrogens with one attached hydrogen (secondary N) is 2. The van der Waals surface area contributed by atoms with Gasteiger partial charge in [-0.15, -0.1) is 5.10 Å². The van der Waals surface area contributed by atoms with Crippen LogP contribution in [0.25, 0.3) is 22.5 Å². The zero-order valence-corrected chi connectivity index (χ0v) is 20.9. The third kappa shape index (κ3) is 5.40. The zero-order valence-electron chi connectivity index (χ0n) is 20.9. The molecule has 0 unspecified atom stereocenters. The third-order valence-electron chi connectivity index (χ3n) is 6.16. The summed E-state index contributed by atoms with van der Waals surface area (Å²) in [7, 11) is 1.82. The molecule has 35 heavy (non-hydrogen) atoms. The quantitative estimate of drug-likeness (QED) is 0.326. The van der Waals surface area contributed by atoms with E-state index in [4.69, 9.17) is 0 Å². The van der Waals surface area contributed by atoms with Crippen LogP contribution in [0.3, 0.4) is 0 Å². The molecule has 0 aliphatic carbocycles. The maximum Gasteiger partial charge on any atom is 0.321 e. The lowest BCUT2D eigenvalue weighted by atomic mass is 9.93. The molecule has 1 aromatic heterocycles. The molecule has 0 saturated carbocycles. The number of hydrogen-bond donors (Lipinski definition) is 2. The van der Waals surface area contributed by atoms with Crippen LogP contribution in [0, 0.1) is 0 Å². The van der Waals surface area contributed by atoms with Gasteiger partial charge in [0.25, 0.3) is 0 Å². The summed E-state index contributed by atoms with van der Waals surface area (Å²) in [6.07, 6.45) is 0. The van der Waals surface area contributed by atoms with E-state index in [1.165, 1.54) is 0 Å². The van der Waals surface area contributed by atoms with E-state index in [0.29, 0.717) is 24.2 Å². The number of urea groups is 1. The number of amides is 2. The smallest absolute Gasteiger partial charge is 0.321 e. The summed E-state index contributed by atoms with van der Waals surface area (Å²) < 4.78 is 0. The molecule has 1 heterocycles. The van der Waals surface area contributed by atoms with Crippen LogP contribution in [-0.4, -0.2) is 38.6 Å². The highest BCUT2D eigenvalue weighted by molar-refractivity contribution is 5.91. The molecule has 7 nitrogen and oxygen atoms in total. The van der Waals surface area contributed by atoms with E-state index >= 15 is 0 Å². The molecule has 0 bridgehead atoms. The number of carbonyl (C=O) groups excluding carboxylic acids is 1. The minimum Gasteiger partial charge on any atom is -0.323 e.